The summed E-state index contributed by atoms with van der Waals surface area (Å²) in [5, 5.41) is 6.30. The molecule has 3 aromatic carbocycles. The normalized spacial score (nSPS) is 16.7. The first-order chi connectivity index (χ1) is 18.2. The summed E-state index contributed by atoms with van der Waals surface area (Å²) in [7, 11) is 2.07. The minimum atomic E-state index is -0.282. The fourth-order valence-electron chi connectivity index (χ4n) is 5.14. The van der Waals surface area contributed by atoms with Crippen LogP contribution in [-0.4, -0.2) is 61.5 Å². The van der Waals surface area contributed by atoms with Crippen LogP contribution in [0, 0.1) is 5.82 Å². The van der Waals surface area contributed by atoms with E-state index in [-0.39, 0.29) is 23.2 Å². The SMILES string of the molecule is CN1CCN(C(=O)N2CC(C)(C)c3ccc(NC(=O)c4ccccc4NCc4ccc(F)cc4)cc32)CC1. The average Bonchev–Trinajstić information content (AvgIpc) is 3.18. The second kappa shape index (κ2) is 10.5. The number of nitrogens with zero attached hydrogens (tertiary/aromatic N) is 3. The van der Waals surface area contributed by atoms with Crippen LogP contribution < -0.4 is 15.5 Å². The Balaban J connectivity index is 1.33. The van der Waals surface area contributed by atoms with Crippen molar-refractivity contribution in [1.29, 1.82) is 0 Å². The van der Waals surface area contributed by atoms with Gasteiger partial charge in [0.15, 0.2) is 0 Å². The molecule has 2 heterocycles. The number of benzene rings is 3. The molecule has 198 valence electrons. The molecule has 1 saturated heterocycles. The van der Waals surface area contributed by atoms with Gasteiger partial charge in [-0.1, -0.05) is 44.2 Å². The summed E-state index contributed by atoms with van der Waals surface area (Å²) < 4.78 is 13.2. The van der Waals surface area contributed by atoms with Crippen LogP contribution in [0.3, 0.4) is 0 Å². The Morgan fingerprint density at radius 3 is 2.39 bits per heavy atom. The molecule has 0 saturated carbocycles. The van der Waals surface area contributed by atoms with Gasteiger partial charge in [0, 0.05) is 56.1 Å². The van der Waals surface area contributed by atoms with Gasteiger partial charge in [-0.2, -0.15) is 0 Å². The van der Waals surface area contributed by atoms with Gasteiger partial charge < -0.3 is 20.4 Å². The van der Waals surface area contributed by atoms with Gasteiger partial charge in [0.2, 0.25) is 0 Å². The molecule has 2 N–H and O–H groups in total. The van der Waals surface area contributed by atoms with Crippen LogP contribution in [0.25, 0.3) is 0 Å². The number of piperazine rings is 1. The highest BCUT2D eigenvalue weighted by molar-refractivity contribution is 6.08. The molecule has 0 atom stereocenters. The highest BCUT2D eigenvalue weighted by atomic mass is 19.1. The maximum absolute atomic E-state index is 13.5. The first-order valence-corrected chi connectivity index (χ1v) is 13.0. The van der Waals surface area contributed by atoms with Gasteiger partial charge in [-0.3, -0.25) is 9.69 Å². The number of hydrogen-bond acceptors (Lipinski definition) is 4. The van der Waals surface area contributed by atoms with Gasteiger partial charge >= 0.3 is 6.03 Å². The number of likely N-dealkylation sites (N-methyl/N-ethyl adjacent to an activating group) is 1. The van der Waals surface area contributed by atoms with Crippen LogP contribution in [-0.2, 0) is 12.0 Å². The lowest BCUT2D eigenvalue weighted by Crippen LogP contribution is -2.52. The zero-order chi connectivity index (χ0) is 26.9. The number of amides is 3. The van der Waals surface area contributed by atoms with E-state index in [0.717, 1.165) is 29.9 Å². The highest BCUT2D eigenvalue weighted by Gasteiger charge is 2.40. The summed E-state index contributed by atoms with van der Waals surface area (Å²) in [5.74, 6) is -0.531. The summed E-state index contributed by atoms with van der Waals surface area (Å²) in [6, 6.07) is 19.4. The molecule has 0 spiro atoms. The molecule has 2 aliphatic rings. The Hall–Kier alpha value is -3.91. The molecule has 2 aliphatic heterocycles. The smallest absolute Gasteiger partial charge is 0.324 e. The number of urea groups is 1. The van der Waals surface area contributed by atoms with Crippen molar-refractivity contribution in [2.75, 3.05) is 55.3 Å². The van der Waals surface area contributed by atoms with Crippen molar-refractivity contribution in [2.45, 2.75) is 25.8 Å². The van der Waals surface area contributed by atoms with Crippen molar-refractivity contribution < 1.29 is 14.0 Å². The predicted octanol–water partition coefficient (Wildman–Crippen LogP) is 5.16. The van der Waals surface area contributed by atoms with E-state index < -0.39 is 0 Å². The van der Waals surface area contributed by atoms with Crippen molar-refractivity contribution in [1.82, 2.24) is 9.80 Å². The van der Waals surface area contributed by atoms with Crippen molar-refractivity contribution in [3.05, 3.63) is 89.2 Å². The Kier molecular flexibility index (Phi) is 7.08. The van der Waals surface area contributed by atoms with Gasteiger partial charge in [-0.05, 0) is 54.6 Å². The molecule has 3 amide bonds. The lowest BCUT2D eigenvalue weighted by atomic mass is 9.87. The summed E-state index contributed by atoms with van der Waals surface area (Å²) in [6.45, 7) is 8.48. The van der Waals surface area contributed by atoms with E-state index in [1.165, 1.54) is 12.1 Å². The predicted molar refractivity (Wildman–Crippen MR) is 149 cm³/mol. The number of para-hydroxylation sites is 1. The molecule has 0 bridgehead atoms. The molecule has 7 nitrogen and oxygen atoms in total. The van der Waals surface area contributed by atoms with Gasteiger partial charge in [0.05, 0.1) is 11.3 Å². The van der Waals surface area contributed by atoms with Crippen LogP contribution in [0.15, 0.2) is 66.7 Å². The summed E-state index contributed by atoms with van der Waals surface area (Å²) in [5.41, 5.74) is 4.49. The fraction of sp³-hybridized carbons (Fsp3) is 0.333. The molecule has 0 aromatic heterocycles. The monoisotopic (exact) mass is 515 g/mol. The maximum Gasteiger partial charge on any atom is 0.324 e. The van der Waals surface area contributed by atoms with E-state index in [4.69, 9.17) is 0 Å². The summed E-state index contributed by atoms with van der Waals surface area (Å²) >= 11 is 0. The van der Waals surface area contributed by atoms with Crippen molar-refractivity contribution >= 4 is 29.0 Å². The first-order valence-electron chi connectivity index (χ1n) is 13.0. The van der Waals surface area contributed by atoms with Gasteiger partial charge in [0.1, 0.15) is 5.82 Å². The molecular formula is C30H34FN5O2. The Labute approximate surface area is 223 Å². The van der Waals surface area contributed by atoms with E-state index in [1.54, 1.807) is 18.2 Å². The molecule has 8 heteroatoms. The third-order valence-electron chi connectivity index (χ3n) is 7.40. The zero-order valence-electron chi connectivity index (χ0n) is 22.1. The summed E-state index contributed by atoms with van der Waals surface area (Å²) in [4.78, 5) is 32.8. The third-order valence-corrected chi connectivity index (χ3v) is 7.40. The van der Waals surface area contributed by atoms with E-state index in [1.807, 2.05) is 46.2 Å². The largest absolute Gasteiger partial charge is 0.380 e. The number of rotatable bonds is 5. The van der Waals surface area contributed by atoms with Crippen molar-refractivity contribution in [3.63, 3.8) is 0 Å². The van der Waals surface area contributed by atoms with Crippen molar-refractivity contribution in [3.8, 4) is 0 Å². The molecule has 0 aliphatic carbocycles. The second-order valence-corrected chi connectivity index (χ2v) is 10.8. The number of hydrogen-bond donors (Lipinski definition) is 2. The molecule has 0 unspecified atom stereocenters. The van der Waals surface area contributed by atoms with Crippen LogP contribution in [0.4, 0.5) is 26.2 Å². The van der Waals surface area contributed by atoms with Crippen LogP contribution in [0.5, 0.6) is 0 Å². The van der Waals surface area contributed by atoms with Gasteiger partial charge in [0.25, 0.3) is 5.91 Å². The van der Waals surface area contributed by atoms with E-state index in [0.29, 0.717) is 43.1 Å². The molecule has 3 aromatic rings. The van der Waals surface area contributed by atoms with Crippen LogP contribution in [0.2, 0.25) is 0 Å². The zero-order valence-corrected chi connectivity index (χ0v) is 22.1. The van der Waals surface area contributed by atoms with E-state index >= 15 is 0 Å². The molecule has 0 radical (unpaired) electrons. The number of nitrogens with one attached hydrogen (secondary N) is 2. The summed E-state index contributed by atoms with van der Waals surface area (Å²) in [6.07, 6.45) is 0. The fourth-order valence-corrected chi connectivity index (χ4v) is 5.14. The highest BCUT2D eigenvalue weighted by Crippen LogP contribution is 2.42. The maximum atomic E-state index is 13.5. The first kappa shape index (κ1) is 25.7. The molecule has 38 heavy (non-hydrogen) atoms. The molecular weight excluding hydrogens is 481 g/mol. The Morgan fingerprint density at radius 1 is 0.947 bits per heavy atom. The third kappa shape index (κ3) is 5.36. The lowest BCUT2D eigenvalue weighted by Gasteiger charge is -2.35. The van der Waals surface area contributed by atoms with Gasteiger partial charge in [-0.15, -0.1) is 0 Å². The van der Waals surface area contributed by atoms with E-state index in [9.17, 15) is 14.0 Å². The number of halogens is 1. The number of carbonyl (C=O) groups excluding carboxylic acids is 2. The van der Waals surface area contributed by atoms with Crippen LogP contribution >= 0.6 is 0 Å². The molecule has 5 rings (SSSR count). The minimum Gasteiger partial charge on any atom is -0.380 e. The molecule has 1 fully saturated rings. The van der Waals surface area contributed by atoms with Crippen molar-refractivity contribution in [2.24, 2.45) is 0 Å². The quantitative estimate of drug-likeness (QED) is 0.493. The standard InChI is InChI=1S/C30H34FN5O2/c1-30(2)20-36(29(38)35-16-14-34(3)15-17-35)27-18-23(12-13-25(27)30)33-28(37)24-6-4-5-7-26(24)32-19-21-8-10-22(31)11-9-21/h4-13,18,32H,14-17,19-20H2,1-3H3,(H,33,37). The Bertz CT molecular complexity index is 1330. The minimum absolute atomic E-state index is 0.0174. The van der Waals surface area contributed by atoms with Gasteiger partial charge in [-0.25, -0.2) is 9.18 Å². The lowest BCUT2D eigenvalue weighted by molar-refractivity contribution is 0.102. The number of anilines is 3. The average molecular weight is 516 g/mol. The second-order valence-electron chi connectivity index (χ2n) is 10.8. The topological polar surface area (TPSA) is 67.9 Å². The van der Waals surface area contributed by atoms with Crippen LogP contribution in [0.1, 0.15) is 35.3 Å². The Morgan fingerprint density at radius 2 is 1.66 bits per heavy atom. The number of carbonyl (C=O) groups is 2. The number of fused-ring (bicyclic) bond motifs is 1. The van der Waals surface area contributed by atoms with E-state index in [2.05, 4.69) is 36.4 Å².